The van der Waals surface area contributed by atoms with Gasteiger partial charge in [-0.3, -0.25) is 9.52 Å². The number of piperidine rings is 1. The van der Waals surface area contributed by atoms with Crippen molar-refractivity contribution in [2.45, 2.75) is 26.2 Å². The van der Waals surface area contributed by atoms with E-state index in [1.807, 2.05) is 35.2 Å². The Bertz CT molecular complexity index is 922. The van der Waals surface area contributed by atoms with E-state index in [0.29, 0.717) is 17.2 Å². The van der Waals surface area contributed by atoms with Gasteiger partial charge in [-0.05, 0) is 54.7 Å². The van der Waals surface area contributed by atoms with E-state index in [4.69, 9.17) is 0 Å². The molecule has 2 aromatic carbocycles. The average Bonchev–Trinajstić information content (AvgIpc) is 2.73. The highest BCUT2D eigenvalue weighted by Gasteiger charge is 2.23. The maximum Gasteiger partial charge on any atom is 0.255 e. The van der Waals surface area contributed by atoms with E-state index in [1.165, 1.54) is 6.42 Å². The lowest BCUT2D eigenvalue weighted by Gasteiger charge is -2.32. The fourth-order valence-electron chi connectivity index (χ4n) is 3.38. The van der Waals surface area contributed by atoms with E-state index in [0.717, 1.165) is 36.9 Å². The number of anilines is 1. The molecular weight excluding hydrogens is 372 g/mol. The lowest BCUT2D eigenvalue weighted by Crippen LogP contribution is -2.39. The number of amides is 1. The van der Waals surface area contributed by atoms with Crippen molar-refractivity contribution in [3.63, 3.8) is 0 Å². The molecule has 1 aliphatic rings. The van der Waals surface area contributed by atoms with Crippen LogP contribution in [0.1, 0.15) is 42.1 Å². The number of nitrogens with zero attached hydrogens (tertiary/aromatic N) is 1. The molecule has 148 valence electrons. The molecule has 1 fully saturated rings. The molecule has 1 aliphatic heterocycles. The van der Waals surface area contributed by atoms with Crippen molar-refractivity contribution in [1.29, 1.82) is 0 Å². The van der Waals surface area contributed by atoms with Crippen LogP contribution in [0.5, 0.6) is 0 Å². The summed E-state index contributed by atoms with van der Waals surface area (Å²) < 4.78 is 27.0. The third-order valence-electron chi connectivity index (χ3n) is 5.01. The SMILES string of the molecule is CCC1CCCN(C(=O)c2ccc(NS(=O)(=O)/C=C/c3ccccc3)cc2)C1. The minimum Gasteiger partial charge on any atom is -0.338 e. The van der Waals surface area contributed by atoms with Gasteiger partial charge in [0.05, 0.1) is 5.41 Å². The molecule has 0 radical (unpaired) electrons. The van der Waals surface area contributed by atoms with Crippen molar-refractivity contribution in [2.75, 3.05) is 17.8 Å². The lowest BCUT2D eigenvalue weighted by molar-refractivity contribution is 0.0671. The number of carbonyl (C=O) groups excluding carboxylic acids is 1. The monoisotopic (exact) mass is 398 g/mol. The molecule has 1 unspecified atom stereocenters. The lowest BCUT2D eigenvalue weighted by atomic mass is 9.95. The van der Waals surface area contributed by atoms with Crippen molar-refractivity contribution in [1.82, 2.24) is 4.90 Å². The number of carbonyl (C=O) groups is 1. The molecule has 1 saturated heterocycles. The zero-order valence-corrected chi connectivity index (χ0v) is 16.9. The van der Waals surface area contributed by atoms with Crippen LogP contribution in [-0.4, -0.2) is 32.3 Å². The number of hydrogen-bond acceptors (Lipinski definition) is 3. The number of sulfonamides is 1. The summed E-state index contributed by atoms with van der Waals surface area (Å²) in [6.07, 6.45) is 4.84. The second-order valence-electron chi connectivity index (χ2n) is 7.11. The number of hydrogen-bond donors (Lipinski definition) is 1. The predicted octanol–water partition coefficient (Wildman–Crippen LogP) is 4.36. The summed E-state index contributed by atoms with van der Waals surface area (Å²) in [5, 5.41) is 1.14. The van der Waals surface area contributed by atoms with Crippen molar-refractivity contribution < 1.29 is 13.2 Å². The molecule has 0 saturated carbocycles. The van der Waals surface area contributed by atoms with Gasteiger partial charge < -0.3 is 4.90 Å². The first kappa shape index (κ1) is 20.1. The second-order valence-corrected chi connectivity index (χ2v) is 8.67. The molecule has 28 heavy (non-hydrogen) atoms. The van der Waals surface area contributed by atoms with Crippen LogP contribution in [-0.2, 0) is 10.0 Å². The first-order valence-electron chi connectivity index (χ1n) is 9.62. The minimum absolute atomic E-state index is 0.0107. The van der Waals surface area contributed by atoms with Crippen molar-refractivity contribution in [2.24, 2.45) is 5.92 Å². The predicted molar refractivity (Wildman–Crippen MR) is 113 cm³/mol. The smallest absolute Gasteiger partial charge is 0.255 e. The van der Waals surface area contributed by atoms with Gasteiger partial charge in [-0.2, -0.15) is 0 Å². The summed E-state index contributed by atoms with van der Waals surface area (Å²) in [6, 6.07) is 15.8. The molecule has 1 N–H and O–H groups in total. The minimum atomic E-state index is -3.62. The number of likely N-dealkylation sites (tertiary alicyclic amines) is 1. The molecular formula is C22H26N2O3S. The molecule has 1 heterocycles. The van der Waals surface area contributed by atoms with Crippen molar-refractivity contribution >= 4 is 27.7 Å². The fourth-order valence-corrected chi connectivity index (χ4v) is 4.25. The van der Waals surface area contributed by atoms with Gasteiger partial charge in [0.1, 0.15) is 0 Å². The molecule has 0 bridgehead atoms. The van der Waals surface area contributed by atoms with E-state index in [9.17, 15) is 13.2 Å². The van der Waals surface area contributed by atoms with Crippen LogP contribution in [0.2, 0.25) is 0 Å². The summed E-state index contributed by atoms with van der Waals surface area (Å²) in [4.78, 5) is 14.6. The van der Waals surface area contributed by atoms with Gasteiger partial charge >= 0.3 is 0 Å². The van der Waals surface area contributed by atoms with E-state index in [2.05, 4.69) is 11.6 Å². The maximum absolute atomic E-state index is 12.7. The Morgan fingerprint density at radius 1 is 1.14 bits per heavy atom. The molecule has 1 atom stereocenters. The third-order valence-corrected chi connectivity index (χ3v) is 6.03. The van der Waals surface area contributed by atoms with Crippen molar-refractivity contribution in [3.8, 4) is 0 Å². The molecule has 2 aromatic rings. The van der Waals surface area contributed by atoms with Crippen molar-refractivity contribution in [3.05, 3.63) is 71.1 Å². The molecule has 1 amide bonds. The highest BCUT2D eigenvalue weighted by molar-refractivity contribution is 7.95. The van der Waals surface area contributed by atoms with Crippen LogP contribution in [0.4, 0.5) is 5.69 Å². The summed E-state index contributed by atoms with van der Waals surface area (Å²) in [7, 11) is -3.62. The van der Waals surface area contributed by atoms with Crippen LogP contribution in [0.3, 0.4) is 0 Å². The molecule has 0 spiro atoms. The maximum atomic E-state index is 12.7. The van der Waals surface area contributed by atoms with Gasteiger partial charge in [-0.1, -0.05) is 43.7 Å². The summed E-state index contributed by atoms with van der Waals surface area (Å²) in [6.45, 7) is 3.74. The highest BCUT2D eigenvalue weighted by Crippen LogP contribution is 2.21. The van der Waals surface area contributed by atoms with Crippen LogP contribution in [0.15, 0.2) is 60.0 Å². The van der Waals surface area contributed by atoms with Gasteiger partial charge in [0.15, 0.2) is 0 Å². The second kappa shape index (κ2) is 9.06. The summed E-state index contributed by atoms with van der Waals surface area (Å²) in [5.41, 5.74) is 1.82. The zero-order valence-electron chi connectivity index (χ0n) is 16.0. The van der Waals surface area contributed by atoms with Gasteiger partial charge in [0, 0.05) is 24.3 Å². The fraction of sp³-hybridized carbons (Fsp3) is 0.318. The topological polar surface area (TPSA) is 66.5 Å². The van der Waals surface area contributed by atoms with Crippen LogP contribution in [0, 0.1) is 5.92 Å². The van der Waals surface area contributed by atoms with Gasteiger partial charge in [0.25, 0.3) is 15.9 Å². The zero-order chi connectivity index (χ0) is 20.0. The number of nitrogens with one attached hydrogen (secondary N) is 1. The van der Waals surface area contributed by atoms with Crippen LogP contribution >= 0.6 is 0 Å². The normalized spacial score (nSPS) is 17.6. The Morgan fingerprint density at radius 2 is 1.86 bits per heavy atom. The Balaban J connectivity index is 1.64. The van der Waals surface area contributed by atoms with Crippen LogP contribution < -0.4 is 4.72 Å². The number of rotatable bonds is 6. The van der Waals surface area contributed by atoms with E-state index < -0.39 is 10.0 Å². The third kappa shape index (κ3) is 5.45. The molecule has 6 heteroatoms. The Morgan fingerprint density at radius 3 is 2.54 bits per heavy atom. The highest BCUT2D eigenvalue weighted by atomic mass is 32.2. The quantitative estimate of drug-likeness (QED) is 0.786. The average molecular weight is 399 g/mol. The first-order chi connectivity index (χ1) is 13.5. The first-order valence-corrected chi connectivity index (χ1v) is 11.2. The Hall–Kier alpha value is -2.60. The van der Waals surface area contributed by atoms with Gasteiger partial charge in [-0.15, -0.1) is 0 Å². The largest absolute Gasteiger partial charge is 0.338 e. The summed E-state index contributed by atoms with van der Waals surface area (Å²) in [5.74, 6) is 0.580. The van der Waals surface area contributed by atoms with E-state index in [-0.39, 0.29) is 5.91 Å². The molecule has 0 aliphatic carbocycles. The Labute approximate surface area is 167 Å². The standard InChI is InChI=1S/C22H26N2O3S/c1-2-18-9-6-15-24(17-18)22(25)20-10-12-21(13-11-20)23-28(26,27)16-14-19-7-4-3-5-8-19/h3-5,7-8,10-14,16,18,23H,2,6,9,15,17H2,1H3/b16-14+. The van der Waals surface area contributed by atoms with E-state index >= 15 is 0 Å². The Kier molecular flexibility index (Phi) is 6.52. The molecule has 3 rings (SSSR count). The van der Waals surface area contributed by atoms with Crippen LogP contribution in [0.25, 0.3) is 6.08 Å². The van der Waals surface area contributed by atoms with Gasteiger partial charge in [-0.25, -0.2) is 8.42 Å². The molecule has 0 aromatic heterocycles. The molecule has 5 nitrogen and oxygen atoms in total. The van der Waals surface area contributed by atoms with E-state index in [1.54, 1.807) is 30.3 Å². The number of benzene rings is 2. The van der Waals surface area contributed by atoms with Gasteiger partial charge in [0.2, 0.25) is 0 Å². The summed E-state index contributed by atoms with van der Waals surface area (Å²) >= 11 is 0.